The lowest BCUT2D eigenvalue weighted by molar-refractivity contribution is -0.152. The fourth-order valence-corrected chi connectivity index (χ4v) is 3.88. The van der Waals surface area contributed by atoms with E-state index in [0.29, 0.717) is 24.7 Å². The smallest absolute Gasteiger partial charge is 0.347 e. The summed E-state index contributed by atoms with van der Waals surface area (Å²) in [7, 11) is 0. The number of aryl methyl sites for hydroxylation is 1. The summed E-state index contributed by atoms with van der Waals surface area (Å²) in [4.78, 5) is 12.3. The maximum Gasteiger partial charge on any atom is 0.347 e. The Kier molecular flexibility index (Phi) is 8.82. The molecule has 0 spiro atoms. The van der Waals surface area contributed by atoms with Crippen LogP contribution < -0.4 is 9.47 Å². The number of ether oxygens (including phenoxy) is 2. The monoisotopic (exact) mass is 441 g/mol. The fourth-order valence-electron chi connectivity index (χ4n) is 2.82. The van der Waals surface area contributed by atoms with Crippen molar-refractivity contribution in [2.45, 2.75) is 57.5 Å². The van der Waals surface area contributed by atoms with E-state index < -0.39 is 11.6 Å². The molecule has 31 heavy (non-hydrogen) atoms. The number of nitriles is 1. The predicted octanol–water partition coefficient (Wildman–Crippen LogP) is 6.06. The van der Waals surface area contributed by atoms with E-state index in [-0.39, 0.29) is 5.92 Å². The Morgan fingerprint density at radius 3 is 2.42 bits per heavy atom. The first kappa shape index (κ1) is 24.6. The second-order valence-corrected chi connectivity index (χ2v) is 9.51. The van der Waals surface area contributed by atoms with E-state index in [4.69, 9.17) is 9.47 Å². The number of aliphatic carboxylic acids is 1. The zero-order chi connectivity index (χ0) is 23.0. The number of nitrogens with zero attached hydrogens (tertiary/aromatic N) is 1. The van der Waals surface area contributed by atoms with Crippen molar-refractivity contribution in [1.29, 1.82) is 5.26 Å². The number of rotatable bonds is 11. The SMILES string of the molecule is Cc1cc(SCC(CC#N)COc2ccc(C(C)C)cc2)ccc1OC(C)(C)C(=O)O. The number of thioether (sulfide) groups is 1. The molecular formula is C25H31NO4S. The Labute approximate surface area is 189 Å². The molecular weight excluding hydrogens is 410 g/mol. The Hall–Kier alpha value is -2.65. The zero-order valence-electron chi connectivity index (χ0n) is 18.8. The average molecular weight is 442 g/mol. The van der Waals surface area contributed by atoms with Gasteiger partial charge in [-0.3, -0.25) is 0 Å². The molecule has 0 radical (unpaired) electrons. The molecule has 1 atom stereocenters. The third kappa shape index (κ3) is 7.52. The Balaban J connectivity index is 1.94. The Bertz CT molecular complexity index is 916. The van der Waals surface area contributed by atoms with Crippen LogP contribution in [0, 0.1) is 24.2 Å². The van der Waals surface area contributed by atoms with E-state index in [0.717, 1.165) is 22.0 Å². The minimum Gasteiger partial charge on any atom is -0.493 e. The van der Waals surface area contributed by atoms with E-state index in [1.165, 1.54) is 19.4 Å². The maximum atomic E-state index is 11.3. The van der Waals surface area contributed by atoms with Crippen molar-refractivity contribution in [3.63, 3.8) is 0 Å². The third-order valence-corrected chi connectivity index (χ3v) is 6.15. The summed E-state index contributed by atoms with van der Waals surface area (Å²) in [6, 6.07) is 16.1. The number of hydrogen-bond donors (Lipinski definition) is 1. The zero-order valence-corrected chi connectivity index (χ0v) is 19.7. The van der Waals surface area contributed by atoms with Crippen molar-refractivity contribution < 1.29 is 19.4 Å². The first-order valence-corrected chi connectivity index (χ1v) is 11.4. The molecule has 0 aliphatic heterocycles. The standard InChI is InChI=1S/C25H31NO4S/c1-17(2)20-6-8-21(9-7-20)29-15-19(12-13-26)16-31-22-10-11-23(18(3)14-22)30-25(4,5)24(27)28/h6-11,14,17,19H,12,15-16H2,1-5H3,(H,27,28). The molecule has 6 heteroatoms. The quantitative estimate of drug-likeness (QED) is 0.427. The lowest BCUT2D eigenvalue weighted by Gasteiger charge is -2.23. The molecule has 2 aromatic carbocycles. The van der Waals surface area contributed by atoms with E-state index >= 15 is 0 Å². The number of carboxylic acid groups (broad SMARTS) is 1. The van der Waals surface area contributed by atoms with Gasteiger partial charge in [0.05, 0.1) is 12.7 Å². The van der Waals surface area contributed by atoms with E-state index in [1.54, 1.807) is 17.8 Å². The molecule has 0 saturated carbocycles. The second kappa shape index (κ2) is 11.1. The third-order valence-electron chi connectivity index (χ3n) is 4.92. The van der Waals surface area contributed by atoms with Crippen LogP contribution in [0.15, 0.2) is 47.4 Å². The number of carboxylic acids is 1. The highest BCUT2D eigenvalue weighted by atomic mass is 32.2. The van der Waals surface area contributed by atoms with Gasteiger partial charge in [0.2, 0.25) is 0 Å². The molecule has 1 unspecified atom stereocenters. The van der Waals surface area contributed by atoms with Gasteiger partial charge < -0.3 is 14.6 Å². The van der Waals surface area contributed by atoms with Crippen LogP contribution in [-0.4, -0.2) is 29.0 Å². The van der Waals surface area contributed by atoms with Gasteiger partial charge in [-0.15, -0.1) is 11.8 Å². The molecule has 1 N–H and O–H groups in total. The van der Waals surface area contributed by atoms with Crippen molar-refractivity contribution in [2.24, 2.45) is 5.92 Å². The van der Waals surface area contributed by atoms with Crippen LogP contribution in [0.2, 0.25) is 0 Å². The van der Waals surface area contributed by atoms with Gasteiger partial charge in [-0.05, 0) is 68.1 Å². The molecule has 5 nitrogen and oxygen atoms in total. The van der Waals surface area contributed by atoms with Crippen LogP contribution in [0.5, 0.6) is 11.5 Å². The van der Waals surface area contributed by atoms with Gasteiger partial charge in [0.1, 0.15) is 11.5 Å². The van der Waals surface area contributed by atoms with Crippen molar-refractivity contribution in [1.82, 2.24) is 0 Å². The van der Waals surface area contributed by atoms with Crippen LogP contribution in [0.25, 0.3) is 0 Å². The summed E-state index contributed by atoms with van der Waals surface area (Å²) in [5, 5.41) is 18.4. The first-order chi connectivity index (χ1) is 14.6. The molecule has 0 bridgehead atoms. The van der Waals surface area contributed by atoms with Crippen molar-refractivity contribution >= 4 is 17.7 Å². The van der Waals surface area contributed by atoms with Gasteiger partial charge in [0.15, 0.2) is 5.60 Å². The van der Waals surface area contributed by atoms with Gasteiger partial charge in [0.25, 0.3) is 0 Å². The summed E-state index contributed by atoms with van der Waals surface area (Å²) >= 11 is 1.65. The summed E-state index contributed by atoms with van der Waals surface area (Å²) < 4.78 is 11.6. The summed E-state index contributed by atoms with van der Waals surface area (Å²) in [5.74, 6) is 1.68. The van der Waals surface area contributed by atoms with E-state index in [9.17, 15) is 15.2 Å². The molecule has 0 amide bonds. The van der Waals surface area contributed by atoms with Crippen LogP contribution >= 0.6 is 11.8 Å². The molecule has 0 aliphatic carbocycles. The lowest BCUT2D eigenvalue weighted by Crippen LogP contribution is -2.38. The van der Waals surface area contributed by atoms with Crippen molar-refractivity contribution in [3.8, 4) is 17.6 Å². The lowest BCUT2D eigenvalue weighted by atomic mass is 10.0. The largest absolute Gasteiger partial charge is 0.493 e. The van der Waals surface area contributed by atoms with Gasteiger partial charge in [0, 0.05) is 23.0 Å². The summed E-state index contributed by atoms with van der Waals surface area (Å²) in [5.41, 5.74) is 0.853. The van der Waals surface area contributed by atoms with E-state index in [1.807, 2.05) is 31.2 Å². The highest BCUT2D eigenvalue weighted by Crippen LogP contribution is 2.30. The highest BCUT2D eigenvalue weighted by Gasteiger charge is 2.29. The molecule has 0 saturated heterocycles. The fraction of sp³-hybridized carbons (Fsp3) is 0.440. The number of carbonyl (C=O) groups is 1. The van der Waals surface area contributed by atoms with E-state index in [2.05, 4.69) is 32.0 Å². The Morgan fingerprint density at radius 2 is 1.87 bits per heavy atom. The Morgan fingerprint density at radius 1 is 1.19 bits per heavy atom. The van der Waals surface area contributed by atoms with Crippen molar-refractivity contribution in [3.05, 3.63) is 53.6 Å². The van der Waals surface area contributed by atoms with Gasteiger partial charge >= 0.3 is 5.97 Å². The molecule has 0 aromatic heterocycles. The van der Waals surface area contributed by atoms with Gasteiger partial charge in [-0.2, -0.15) is 5.26 Å². The van der Waals surface area contributed by atoms with Gasteiger partial charge in [-0.25, -0.2) is 4.79 Å². The molecule has 0 fully saturated rings. The van der Waals surface area contributed by atoms with Gasteiger partial charge in [-0.1, -0.05) is 26.0 Å². The average Bonchev–Trinajstić information content (AvgIpc) is 2.72. The molecule has 0 aliphatic rings. The molecule has 166 valence electrons. The molecule has 2 rings (SSSR count). The van der Waals surface area contributed by atoms with Crippen LogP contribution in [0.4, 0.5) is 0 Å². The van der Waals surface area contributed by atoms with Crippen molar-refractivity contribution in [2.75, 3.05) is 12.4 Å². The van der Waals surface area contributed by atoms with Crippen LogP contribution in [0.1, 0.15) is 51.2 Å². The second-order valence-electron chi connectivity index (χ2n) is 8.42. The van der Waals surface area contributed by atoms with Crippen LogP contribution in [0.3, 0.4) is 0 Å². The minimum atomic E-state index is -1.29. The summed E-state index contributed by atoms with van der Waals surface area (Å²) in [6.07, 6.45) is 0.421. The molecule has 0 heterocycles. The first-order valence-electron chi connectivity index (χ1n) is 10.4. The summed E-state index contributed by atoms with van der Waals surface area (Å²) in [6.45, 7) is 9.75. The van der Waals surface area contributed by atoms with Crippen LogP contribution in [-0.2, 0) is 4.79 Å². The predicted molar refractivity (Wildman–Crippen MR) is 124 cm³/mol. The number of benzene rings is 2. The minimum absolute atomic E-state index is 0.0990. The molecule has 2 aromatic rings. The number of hydrogen-bond acceptors (Lipinski definition) is 5. The normalized spacial score (nSPS) is 12.3. The highest BCUT2D eigenvalue weighted by molar-refractivity contribution is 7.99. The topological polar surface area (TPSA) is 79.5 Å². The maximum absolute atomic E-state index is 11.3.